The smallest absolute Gasteiger partial charge is 0.166 e. The van der Waals surface area contributed by atoms with Gasteiger partial charge in [-0.3, -0.25) is 4.79 Å². The Kier molecular flexibility index (Phi) is 5.34. The Morgan fingerprint density at radius 1 is 1.31 bits per heavy atom. The zero-order chi connectivity index (χ0) is 8.97. The molecule has 0 radical (unpaired) electrons. The number of nitrogen functional groups attached to an aromatic ring is 1. The molecule has 0 bridgehead atoms. The lowest BCUT2D eigenvalue weighted by Crippen LogP contribution is -2.09. The highest BCUT2D eigenvalue weighted by Gasteiger charge is 2.06. The van der Waals surface area contributed by atoms with Crippen LogP contribution in [0.4, 0.5) is 5.69 Å². The second kappa shape index (κ2) is 5.72. The fourth-order valence-corrected chi connectivity index (χ4v) is 1.02. The highest BCUT2D eigenvalue weighted by Crippen LogP contribution is 2.11. The number of Topliss-reactive ketones (excluding diaryl/α,β-unsaturated/α-hetero) is 1. The number of nitrogens with two attached hydrogens (primary N) is 2. The molecule has 4 heteroatoms. The van der Waals surface area contributed by atoms with E-state index < -0.39 is 0 Å². The lowest BCUT2D eigenvalue weighted by molar-refractivity contribution is 0.0986. The van der Waals surface area contributed by atoms with E-state index in [0.29, 0.717) is 24.2 Å². The van der Waals surface area contributed by atoms with Gasteiger partial charge in [0.1, 0.15) is 0 Å². The van der Waals surface area contributed by atoms with Crippen LogP contribution in [0.3, 0.4) is 0 Å². The van der Waals surface area contributed by atoms with Crippen LogP contribution >= 0.6 is 17.0 Å². The molecule has 0 aliphatic carbocycles. The van der Waals surface area contributed by atoms with Crippen molar-refractivity contribution in [1.29, 1.82) is 0 Å². The van der Waals surface area contributed by atoms with E-state index in [-0.39, 0.29) is 22.8 Å². The highest BCUT2D eigenvalue weighted by molar-refractivity contribution is 8.93. The standard InChI is InChI=1S/C9H12N2O.BrH/c10-6-5-9(12)7-3-1-2-4-8(7)11;/h1-4H,5-6,10-11H2;1H. The molecular formula is C9H13BrN2O. The van der Waals surface area contributed by atoms with E-state index in [4.69, 9.17) is 11.5 Å². The molecule has 13 heavy (non-hydrogen) atoms. The topological polar surface area (TPSA) is 69.1 Å². The van der Waals surface area contributed by atoms with Gasteiger partial charge in [-0.1, -0.05) is 12.1 Å². The SMILES string of the molecule is Br.NCCC(=O)c1ccccc1N. The van der Waals surface area contributed by atoms with Crippen molar-refractivity contribution < 1.29 is 4.79 Å². The number of para-hydroxylation sites is 1. The Bertz CT molecular complexity index is 289. The van der Waals surface area contributed by atoms with Gasteiger partial charge in [-0.15, -0.1) is 17.0 Å². The predicted octanol–water partition coefficient (Wildman–Crippen LogP) is 1.38. The van der Waals surface area contributed by atoms with Crippen LogP contribution in [0.1, 0.15) is 16.8 Å². The van der Waals surface area contributed by atoms with Gasteiger partial charge in [-0.05, 0) is 18.7 Å². The maximum absolute atomic E-state index is 11.3. The van der Waals surface area contributed by atoms with E-state index in [1.165, 1.54) is 0 Å². The van der Waals surface area contributed by atoms with Crippen molar-refractivity contribution in [2.75, 3.05) is 12.3 Å². The van der Waals surface area contributed by atoms with E-state index in [1.807, 2.05) is 0 Å². The number of rotatable bonds is 3. The molecule has 0 aliphatic heterocycles. The predicted molar refractivity (Wildman–Crippen MR) is 59.2 cm³/mol. The van der Waals surface area contributed by atoms with E-state index in [9.17, 15) is 4.79 Å². The summed E-state index contributed by atoms with van der Waals surface area (Å²) in [6.45, 7) is 0.368. The lowest BCUT2D eigenvalue weighted by Gasteiger charge is -2.01. The zero-order valence-electron chi connectivity index (χ0n) is 7.19. The zero-order valence-corrected chi connectivity index (χ0v) is 8.91. The van der Waals surface area contributed by atoms with Crippen LogP contribution in [-0.2, 0) is 0 Å². The molecule has 0 saturated carbocycles. The van der Waals surface area contributed by atoms with Gasteiger partial charge >= 0.3 is 0 Å². The molecule has 1 rings (SSSR count). The Morgan fingerprint density at radius 2 is 1.92 bits per heavy atom. The van der Waals surface area contributed by atoms with Crippen molar-refractivity contribution >= 4 is 28.5 Å². The molecule has 0 atom stereocenters. The first kappa shape index (κ1) is 12.1. The number of hydrogen-bond donors (Lipinski definition) is 2. The van der Waals surface area contributed by atoms with Gasteiger partial charge < -0.3 is 11.5 Å². The van der Waals surface area contributed by atoms with E-state index >= 15 is 0 Å². The number of halogens is 1. The average molecular weight is 245 g/mol. The first-order valence-electron chi connectivity index (χ1n) is 3.83. The normalized spacial score (nSPS) is 9.00. The van der Waals surface area contributed by atoms with Crippen LogP contribution in [0.2, 0.25) is 0 Å². The third-order valence-electron chi connectivity index (χ3n) is 1.63. The Morgan fingerprint density at radius 3 is 2.46 bits per heavy atom. The second-order valence-corrected chi connectivity index (χ2v) is 2.55. The summed E-state index contributed by atoms with van der Waals surface area (Å²) in [4.78, 5) is 11.3. The fraction of sp³-hybridized carbons (Fsp3) is 0.222. The Hall–Kier alpha value is -0.870. The largest absolute Gasteiger partial charge is 0.398 e. The summed E-state index contributed by atoms with van der Waals surface area (Å²) in [5.74, 6) is 0.00981. The van der Waals surface area contributed by atoms with E-state index in [2.05, 4.69) is 0 Å². The van der Waals surface area contributed by atoms with Crippen LogP contribution in [0.15, 0.2) is 24.3 Å². The minimum Gasteiger partial charge on any atom is -0.398 e. The molecule has 0 spiro atoms. The van der Waals surface area contributed by atoms with Gasteiger partial charge in [0.05, 0.1) is 0 Å². The molecule has 0 fully saturated rings. The molecular weight excluding hydrogens is 232 g/mol. The number of anilines is 1. The van der Waals surface area contributed by atoms with E-state index in [1.54, 1.807) is 24.3 Å². The van der Waals surface area contributed by atoms with Gasteiger partial charge in [0.2, 0.25) is 0 Å². The highest BCUT2D eigenvalue weighted by atomic mass is 79.9. The molecule has 3 nitrogen and oxygen atoms in total. The van der Waals surface area contributed by atoms with Gasteiger partial charge in [0.15, 0.2) is 5.78 Å². The van der Waals surface area contributed by atoms with E-state index in [0.717, 1.165) is 0 Å². The van der Waals surface area contributed by atoms with Crippen LogP contribution in [-0.4, -0.2) is 12.3 Å². The third kappa shape index (κ3) is 3.16. The van der Waals surface area contributed by atoms with Gasteiger partial charge in [-0.25, -0.2) is 0 Å². The molecule has 0 amide bonds. The van der Waals surface area contributed by atoms with Crippen LogP contribution in [0.5, 0.6) is 0 Å². The first-order valence-corrected chi connectivity index (χ1v) is 3.83. The summed E-state index contributed by atoms with van der Waals surface area (Å²) in [7, 11) is 0. The second-order valence-electron chi connectivity index (χ2n) is 2.55. The average Bonchev–Trinajstić information content (AvgIpc) is 2.05. The maximum atomic E-state index is 11.3. The fourth-order valence-electron chi connectivity index (χ4n) is 1.02. The summed E-state index contributed by atoms with van der Waals surface area (Å²) in [5.41, 5.74) is 11.9. The summed E-state index contributed by atoms with van der Waals surface area (Å²) >= 11 is 0. The molecule has 1 aromatic carbocycles. The molecule has 1 aromatic rings. The minimum absolute atomic E-state index is 0. The molecule has 0 unspecified atom stereocenters. The molecule has 0 heterocycles. The van der Waals surface area contributed by atoms with Crippen LogP contribution < -0.4 is 11.5 Å². The Labute approximate surface area is 87.9 Å². The van der Waals surface area contributed by atoms with Crippen molar-refractivity contribution in [2.45, 2.75) is 6.42 Å². The van der Waals surface area contributed by atoms with Gasteiger partial charge in [0.25, 0.3) is 0 Å². The maximum Gasteiger partial charge on any atom is 0.166 e. The molecule has 4 N–H and O–H groups in total. The molecule has 0 aliphatic rings. The number of ketones is 1. The van der Waals surface area contributed by atoms with Gasteiger partial charge in [0, 0.05) is 17.7 Å². The number of hydrogen-bond acceptors (Lipinski definition) is 3. The van der Waals surface area contributed by atoms with Crippen molar-refractivity contribution in [3.8, 4) is 0 Å². The van der Waals surface area contributed by atoms with Crippen LogP contribution in [0, 0.1) is 0 Å². The minimum atomic E-state index is 0. The van der Waals surface area contributed by atoms with Crippen molar-refractivity contribution in [2.24, 2.45) is 5.73 Å². The van der Waals surface area contributed by atoms with Gasteiger partial charge in [-0.2, -0.15) is 0 Å². The monoisotopic (exact) mass is 244 g/mol. The molecule has 72 valence electrons. The number of benzene rings is 1. The summed E-state index contributed by atoms with van der Waals surface area (Å²) in [5, 5.41) is 0. The summed E-state index contributed by atoms with van der Waals surface area (Å²) in [6.07, 6.45) is 0.355. The van der Waals surface area contributed by atoms with Crippen molar-refractivity contribution in [1.82, 2.24) is 0 Å². The van der Waals surface area contributed by atoms with Crippen molar-refractivity contribution in [3.63, 3.8) is 0 Å². The summed E-state index contributed by atoms with van der Waals surface area (Å²) < 4.78 is 0. The number of carbonyl (C=O) groups excluding carboxylic acids is 1. The Balaban J connectivity index is 0.00000144. The quantitative estimate of drug-likeness (QED) is 0.624. The molecule has 0 aromatic heterocycles. The third-order valence-corrected chi connectivity index (χ3v) is 1.63. The first-order chi connectivity index (χ1) is 5.75. The number of carbonyl (C=O) groups is 1. The van der Waals surface area contributed by atoms with Crippen molar-refractivity contribution in [3.05, 3.63) is 29.8 Å². The van der Waals surface area contributed by atoms with Crippen LogP contribution in [0.25, 0.3) is 0 Å². The molecule has 0 saturated heterocycles. The summed E-state index contributed by atoms with van der Waals surface area (Å²) in [6, 6.07) is 7.02. The lowest BCUT2D eigenvalue weighted by atomic mass is 10.1.